The van der Waals surface area contributed by atoms with E-state index in [9.17, 15) is 4.79 Å². The molecular weight excluding hydrogens is 510 g/mol. The van der Waals surface area contributed by atoms with E-state index < -0.39 is 6.09 Å². The summed E-state index contributed by atoms with van der Waals surface area (Å²) in [5.41, 5.74) is 4.94. The van der Waals surface area contributed by atoms with Crippen molar-refractivity contribution < 1.29 is 14.3 Å². The summed E-state index contributed by atoms with van der Waals surface area (Å²) in [5, 5.41) is 3.28. The third-order valence-electron chi connectivity index (χ3n) is 6.17. The number of hydrogen-bond acceptors (Lipinski definition) is 4. The molecule has 0 saturated heterocycles. The zero-order valence-electron chi connectivity index (χ0n) is 21.5. The van der Waals surface area contributed by atoms with Gasteiger partial charge in [0.1, 0.15) is 17.3 Å². The normalized spacial score (nSPS) is 10.7. The summed E-state index contributed by atoms with van der Waals surface area (Å²) in [6, 6.07) is 34.4. The summed E-state index contributed by atoms with van der Waals surface area (Å²) in [7, 11) is 0. The van der Waals surface area contributed by atoms with Gasteiger partial charge in [-0.25, -0.2) is 9.78 Å². The molecule has 39 heavy (non-hydrogen) atoms. The smallest absolute Gasteiger partial charge is 0.417 e. The number of benzene rings is 4. The van der Waals surface area contributed by atoms with Gasteiger partial charge in [-0.1, -0.05) is 72.3 Å². The fraction of sp³-hybridized carbons (Fsp3) is 0.125. The highest BCUT2D eigenvalue weighted by Gasteiger charge is 2.17. The van der Waals surface area contributed by atoms with Gasteiger partial charge in [0.05, 0.1) is 18.0 Å². The molecule has 0 atom stereocenters. The second-order valence-electron chi connectivity index (χ2n) is 8.93. The van der Waals surface area contributed by atoms with Gasteiger partial charge in [-0.05, 0) is 61.9 Å². The molecule has 1 N–H and O–H groups in total. The van der Waals surface area contributed by atoms with Crippen molar-refractivity contribution in [3.05, 3.63) is 120 Å². The zero-order chi connectivity index (χ0) is 27.0. The van der Waals surface area contributed by atoms with Crippen molar-refractivity contribution in [1.29, 1.82) is 0 Å². The van der Waals surface area contributed by atoms with Gasteiger partial charge in [0.2, 0.25) is 0 Å². The molecule has 4 aromatic carbocycles. The third kappa shape index (κ3) is 6.67. The lowest BCUT2D eigenvalue weighted by atomic mass is 10.0. The van der Waals surface area contributed by atoms with Crippen LogP contribution in [0.2, 0.25) is 5.02 Å². The third-order valence-corrected chi connectivity index (χ3v) is 6.42. The number of carbonyl (C=O) groups is 1. The number of hydrogen-bond donors (Lipinski definition) is 1. The molecule has 5 aromatic rings. The number of aryl methyl sites for hydroxylation is 1. The van der Waals surface area contributed by atoms with Gasteiger partial charge in [-0.3, -0.25) is 5.32 Å². The Kier molecular flexibility index (Phi) is 8.24. The maximum Gasteiger partial charge on any atom is 0.417 e. The first-order chi connectivity index (χ1) is 19.1. The lowest BCUT2D eigenvalue weighted by Crippen LogP contribution is -2.16. The number of imidazole rings is 1. The quantitative estimate of drug-likeness (QED) is 0.192. The van der Waals surface area contributed by atoms with E-state index in [1.54, 1.807) is 36.4 Å². The minimum atomic E-state index is -0.578. The first-order valence-corrected chi connectivity index (χ1v) is 13.1. The summed E-state index contributed by atoms with van der Waals surface area (Å²) in [4.78, 5) is 17.1. The predicted octanol–water partition coefficient (Wildman–Crippen LogP) is 8.26. The minimum absolute atomic E-state index is 0.413. The second-order valence-corrected chi connectivity index (χ2v) is 9.37. The zero-order valence-corrected chi connectivity index (χ0v) is 22.3. The van der Waals surface area contributed by atoms with Crippen molar-refractivity contribution in [1.82, 2.24) is 9.55 Å². The van der Waals surface area contributed by atoms with Crippen LogP contribution >= 0.6 is 11.6 Å². The summed E-state index contributed by atoms with van der Waals surface area (Å²) < 4.78 is 13.5. The lowest BCUT2D eigenvalue weighted by molar-refractivity contribution is 0.215. The van der Waals surface area contributed by atoms with Crippen LogP contribution in [0.25, 0.3) is 22.5 Å². The molecule has 1 heterocycles. The van der Waals surface area contributed by atoms with Crippen molar-refractivity contribution in [3.8, 4) is 34.0 Å². The number of nitrogens with one attached hydrogen (secondary N) is 1. The first-order valence-electron chi connectivity index (χ1n) is 12.7. The Hall–Kier alpha value is -4.55. The van der Waals surface area contributed by atoms with Crippen molar-refractivity contribution >= 4 is 23.4 Å². The van der Waals surface area contributed by atoms with Gasteiger partial charge in [0.25, 0.3) is 0 Å². The van der Waals surface area contributed by atoms with E-state index in [1.165, 1.54) is 0 Å². The molecular formula is C32H28ClN3O3. The van der Waals surface area contributed by atoms with Gasteiger partial charge >= 0.3 is 6.09 Å². The number of anilines is 1. The van der Waals surface area contributed by atoms with E-state index in [2.05, 4.69) is 46.3 Å². The molecule has 0 fully saturated rings. The number of aromatic nitrogens is 2. The molecule has 0 aliphatic heterocycles. The van der Waals surface area contributed by atoms with Gasteiger partial charge in [-0.15, -0.1) is 0 Å². The van der Waals surface area contributed by atoms with E-state index in [0.717, 1.165) is 47.1 Å². The Morgan fingerprint density at radius 2 is 1.44 bits per heavy atom. The first kappa shape index (κ1) is 26.1. The van der Waals surface area contributed by atoms with E-state index in [-0.39, 0.29) is 0 Å². The molecule has 0 aliphatic carbocycles. The average Bonchev–Trinajstić information content (AvgIpc) is 3.30. The van der Waals surface area contributed by atoms with Crippen molar-refractivity contribution in [2.75, 3.05) is 11.9 Å². The summed E-state index contributed by atoms with van der Waals surface area (Å²) in [5.74, 6) is 2.10. The van der Waals surface area contributed by atoms with Gasteiger partial charge in [0.15, 0.2) is 0 Å². The molecule has 5 rings (SSSR count). The Morgan fingerprint density at radius 3 is 2.10 bits per heavy atom. The number of amides is 1. The molecule has 196 valence electrons. The topological polar surface area (TPSA) is 65.4 Å². The molecule has 7 heteroatoms. The van der Waals surface area contributed by atoms with E-state index in [0.29, 0.717) is 23.1 Å². The maximum absolute atomic E-state index is 12.1. The van der Waals surface area contributed by atoms with Crippen LogP contribution in [0.15, 0.2) is 109 Å². The monoisotopic (exact) mass is 537 g/mol. The largest absolute Gasteiger partial charge is 0.494 e. The highest BCUT2D eigenvalue weighted by molar-refractivity contribution is 6.30. The molecule has 0 aliphatic rings. The van der Waals surface area contributed by atoms with Crippen LogP contribution in [0.3, 0.4) is 0 Å². The number of rotatable bonds is 9. The standard InChI is InChI=1S/C32H28ClN3O3/c1-23-34-30(24-9-4-2-5-10-24)31(25-11-6-3-7-12-25)36(23)21-8-22-38-28-19-15-27(16-20-28)35-32(37)39-29-17-13-26(33)14-18-29/h2-7,9-20H,8,21-22H2,1H3,(H,35,37). The van der Waals surface area contributed by atoms with Crippen LogP contribution in [0.1, 0.15) is 12.2 Å². The maximum atomic E-state index is 12.1. The van der Waals surface area contributed by atoms with Crippen LogP contribution in [0.4, 0.5) is 10.5 Å². The highest BCUT2D eigenvalue weighted by Crippen LogP contribution is 2.33. The Labute approximate surface area is 232 Å². The molecule has 1 aromatic heterocycles. The van der Waals surface area contributed by atoms with Gasteiger partial charge in [0, 0.05) is 28.4 Å². The molecule has 1 amide bonds. The second kappa shape index (κ2) is 12.3. The molecule has 0 saturated carbocycles. The fourth-order valence-corrected chi connectivity index (χ4v) is 4.45. The van der Waals surface area contributed by atoms with Crippen LogP contribution < -0.4 is 14.8 Å². The molecule has 0 radical (unpaired) electrons. The van der Waals surface area contributed by atoms with Crippen LogP contribution in [0, 0.1) is 6.92 Å². The Balaban J connectivity index is 1.19. The van der Waals surface area contributed by atoms with Gasteiger partial charge < -0.3 is 14.0 Å². The number of carbonyl (C=O) groups excluding carboxylic acids is 1. The van der Waals surface area contributed by atoms with Crippen LogP contribution in [0.5, 0.6) is 11.5 Å². The van der Waals surface area contributed by atoms with Gasteiger partial charge in [-0.2, -0.15) is 0 Å². The van der Waals surface area contributed by atoms with Crippen molar-refractivity contribution in [2.24, 2.45) is 0 Å². The van der Waals surface area contributed by atoms with Crippen LogP contribution in [-0.2, 0) is 6.54 Å². The van der Waals surface area contributed by atoms with Crippen molar-refractivity contribution in [2.45, 2.75) is 19.9 Å². The Bertz CT molecular complexity index is 1520. The lowest BCUT2D eigenvalue weighted by Gasteiger charge is -2.13. The predicted molar refractivity (Wildman–Crippen MR) is 155 cm³/mol. The molecule has 6 nitrogen and oxygen atoms in total. The summed E-state index contributed by atoms with van der Waals surface area (Å²) >= 11 is 5.86. The fourth-order valence-electron chi connectivity index (χ4n) is 4.32. The summed E-state index contributed by atoms with van der Waals surface area (Å²) in [6.07, 6.45) is 0.226. The SMILES string of the molecule is Cc1nc(-c2ccccc2)c(-c2ccccc2)n1CCCOc1ccc(NC(=O)Oc2ccc(Cl)cc2)cc1. The van der Waals surface area contributed by atoms with E-state index >= 15 is 0 Å². The van der Waals surface area contributed by atoms with Crippen LogP contribution in [-0.4, -0.2) is 22.3 Å². The summed E-state index contributed by atoms with van der Waals surface area (Å²) in [6.45, 7) is 3.35. The Morgan fingerprint density at radius 1 is 0.821 bits per heavy atom. The highest BCUT2D eigenvalue weighted by atomic mass is 35.5. The number of ether oxygens (including phenoxy) is 2. The molecule has 0 bridgehead atoms. The van der Waals surface area contributed by atoms with Crippen molar-refractivity contribution in [3.63, 3.8) is 0 Å². The van der Waals surface area contributed by atoms with E-state index in [4.69, 9.17) is 26.1 Å². The number of nitrogens with zero attached hydrogens (tertiary/aromatic N) is 2. The minimum Gasteiger partial charge on any atom is -0.494 e. The average molecular weight is 538 g/mol. The van der Waals surface area contributed by atoms with E-state index in [1.807, 2.05) is 43.3 Å². The molecule has 0 spiro atoms. The number of halogens is 1. The molecule has 0 unspecified atom stereocenters.